The second kappa shape index (κ2) is 8.12. The van der Waals surface area contributed by atoms with E-state index in [1.165, 1.54) is 44.9 Å². The third kappa shape index (κ3) is 6.16. The zero-order valence-corrected chi connectivity index (χ0v) is 10.2. The topological polar surface area (TPSA) is 32.3 Å². The number of hydrogen-bond donors (Lipinski definition) is 2. The fourth-order valence-electron chi connectivity index (χ4n) is 2.32. The quantitative estimate of drug-likeness (QED) is 0.736. The Morgan fingerprint density at radius 3 is 2.33 bits per heavy atom. The van der Waals surface area contributed by atoms with E-state index < -0.39 is 0 Å². The Morgan fingerprint density at radius 1 is 1.13 bits per heavy atom. The molecule has 0 aromatic rings. The third-order valence-corrected chi connectivity index (χ3v) is 3.49. The van der Waals surface area contributed by atoms with Crippen molar-refractivity contribution in [3.8, 4) is 0 Å². The monoisotopic (exact) mass is 213 g/mol. The molecule has 0 amide bonds. The largest absolute Gasteiger partial charge is 0.393 e. The van der Waals surface area contributed by atoms with E-state index in [-0.39, 0.29) is 6.10 Å². The molecule has 1 saturated carbocycles. The first-order valence-electron chi connectivity index (χ1n) is 6.74. The smallest absolute Gasteiger partial charge is 0.0549 e. The lowest BCUT2D eigenvalue weighted by Gasteiger charge is -2.21. The van der Waals surface area contributed by atoms with Gasteiger partial charge in [-0.1, -0.05) is 39.0 Å². The molecule has 0 aromatic carbocycles. The van der Waals surface area contributed by atoms with E-state index in [1.807, 2.05) is 6.92 Å². The van der Waals surface area contributed by atoms with Crippen LogP contribution in [-0.2, 0) is 0 Å². The van der Waals surface area contributed by atoms with Gasteiger partial charge in [0.15, 0.2) is 0 Å². The minimum absolute atomic E-state index is 0.106. The fourth-order valence-corrected chi connectivity index (χ4v) is 2.32. The average molecular weight is 213 g/mol. The van der Waals surface area contributed by atoms with Crippen molar-refractivity contribution in [2.75, 3.05) is 6.54 Å². The molecule has 15 heavy (non-hydrogen) atoms. The van der Waals surface area contributed by atoms with E-state index in [2.05, 4.69) is 5.32 Å². The standard InChI is InChI=1S/C13H27NO/c1-2-13(15)10-11-14-12-8-6-4-3-5-7-9-12/h12-15H,2-11H2,1H3. The minimum Gasteiger partial charge on any atom is -0.393 e. The number of rotatable bonds is 5. The molecule has 0 bridgehead atoms. The summed E-state index contributed by atoms with van der Waals surface area (Å²) >= 11 is 0. The number of hydrogen-bond acceptors (Lipinski definition) is 2. The Bertz CT molecular complexity index is 141. The summed E-state index contributed by atoms with van der Waals surface area (Å²) in [4.78, 5) is 0. The number of nitrogens with one attached hydrogen (secondary N) is 1. The summed E-state index contributed by atoms with van der Waals surface area (Å²) in [6, 6.07) is 0.717. The molecule has 90 valence electrons. The minimum atomic E-state index is -0.106. The molecule has 1 unspecified atom stereocenters. The van der Waals surface area contributed by atoms with Crippen LogP contribution in [0.15, 0.2) is 0 Å². The molecule has 1 aliphatic carbocycles. The fraction of sp³-hybridized carbons (Fsp3) is 1.00. The van der Waals surface area contributed by atoms with Gasteiger partial charge >= 0.3 is 0 Å². The van der Waals surface area contributed by atoms with Gasteiger partial charge in [-0.2, -0.15) is 0 Å². The second-order valence-electron chi connectivity index (χ2n) is 4.85. The molecular weight excluding hydrogens is 186 g/mol. The zero-order chi connectivity index (χ0) is 10.9. The van der Waals surface area contributed by atoms with E-state index in [9.17, 15) is 5.11 Å². The van der Waals surface area contributed by atoms with Crippen molar-refractivity contribution in [3.63, 3.8) is 0 Å². The van der Waals surface area contributed by atoms with Crippen LogP contribution in [0.2, 0.25) is 0 Å². The Hall–Kier alpha value is -0.0800. The zero-order valence-electron chi connectivity index (χ0n) is 10.2. The Balaban J connectivity index is 2.07. The van der Waals surface area contributed by atoms with Crippen molar-refractivity contribution in [3.05, 3.63) is 0 Å². The van der Waals surface area contributed by atoms with Crippen molar-refractivity contribution in [2.45, 2.75) is 76.9 Å². The van der Waals surface area contributed by atoms with Gasteiger partial charge in [0.1, 0.15) is 0 Å². The number of aliphatic hydroxyl groups is 1. The highest BCUT2D eigenvalue weighted by Gasteiger charge is 2.10. The lowest BCUT2D eigenvalue weighted by Crippen LogP contribution is -2.32. The summed E-state index contributed by atoms with van der Waals surface area (Å²) in [5.74, 6) is 0. The van der Waals surface area contributed by atoms with E-state index in [0.29, 0.717) is 6.04 Å². The lowest BCUT2D eigenvalue weighted by molar-refractivity contribution is 0.157. The Labute approximate surface area is 94.5 Å². The summed E-state index contributed by atoms with van der Waals surface area (Å²) in [5, 5.41) is 13.0. The maximum absolute atomic E-state index is 9.45. The molecule has 2 heteroatoms. The van der Waals surface area contributed by atoms with Crippen LogP contribution in [0.4, 0.5) is 0 Å². The van der Waals surface area contributed by atoms with Crippen LogP contribution in [0, 0.1) is 0 Å². The van der Waals surface area contributed by atoms with Crippen LogP contribution in [0.3, 0.4) is 0 Å². The lowest BCUT2D eigenvalue weighted by atomic mass is 9.96. The van der Waals surface area contributed by atoms with Crippen molar-refractivity contribution < 1.29 is 5.11 Å². The van der Waals surface area contributed by atoms with E-state index in [0.717, 1.165) is 19.4 Å². The molecular formula is C13H27NO. The summed E-state index contributed by atoms with van der Waals surface area (Å²) in [6.07, 6.45) is 11.4. The SMILES string of the molecule is CCC(O)CCNC1CCCCCCC1. The molecule has 0 aliphatic heterocycles. The van der Waals surface area contributed by atoms with Gasteiger partial charge in [0.25, 0.3) is 0 Å². The Morgan fingerprint density at radius 2 is 1.73 bits per heavy atom. The first-order chi connectivity index (χ1) is 7.33. The molecule has 1 aliphatic rings. The van der Waals surface area contributed by atoms with Crippen molar-refractivity contribution >= 4 is 0 Å². The normalized spacial score (nSPS) is 22.0. The van der Waals surface area contributed by atoms with Crippen molar-refractivity contribution in [1.29, 1.82) is 0 Å². The first kappa shape index (κ1) is 13.0. The maximum atomic E-state index is 9.45. The maximum Gasteiger partial charge on any atom is 0.0549 e. The van der Waals surface area contributed by atoms with Gasteiger partial charge in [-0.05, 0) is 32.2 Å². The average Bonchev–Trinajstić information content (AvgIpc) is 2.20. The van der Waals surface area contributed by atoms with Crippen LogP contribution in [0.5, 0.6) is 0 Å². The van der Waals surface area contributed by atoms with E-state index >= 15 is 0 Å². The van der Waals surface area contributed by atoms with E-state index in [1.54, 1.807) is 0 Å². The van der Waals surface area contributed by atoms with Crippen LogP contribution in [0.25, 0.3) is 0 Å². The summed E-state index contributed by atoms with van der Waals surface area (Å²) in [5.41, 5.74) is 0. The summed E-state index contributed by atoms with van der Waals surface area (Å²) < 4.78 is 0. The van der Waals surface area contributed by atoms with Crippen LogP contribution < -0.4 is 5.32 Å². The first-order valence-corrected chi connectivity index (χ1v) is 6.74. The van der Waals surface area contributed by atoms with Crippen molar-refractivity contribution in [2.24, 2.45) is 0 Å². The van der Waals surface area contributed by atoms with Gasteiger partial charge in [-0.3, -0.25) is 0 Å². The molecule has 2 N–H and O–H groups in total. The number of aliphatic hydroxyl groups excluding tert-OH is 1. The molecule has 0 aromatic heterocycles. The van der Waals surface area contributed by atoms with Gasteiger partial charge in [0.2, 0.25) is 0 Å². The van der Waals surface area contributed by atoms with Crippen LogP contribution >= 0.6 is 0 Å². The third-order valence-electron chi connectivity index (χ3n) is 3.49. The van der Waals surface area contributed by atoms with E-state index in [4.69, 9.17) is 0 Å². The molecule has 1 rings (SSSR count). The molecule has 1 atom stereocenters. The summed E-state index contributed by atoms with van der Waals surface area (Å²) in [6.45, 7) is 3.03. The highest BCUT2D eigenvalue weighted by Crippen LogP contribution is 2.17. The molecule has 2 nitrogen and oxygen atoms in total. The highest BCUT2D eigenvalue weighted by atomic mass is 16.3. The predicted octanol–water partition coefficient (Wildman–Crippen LogP) is 2.85. The van der Waals surface area contributed by atoms with Crippen LogP contribution in [-0.4, -0.2) is 23.8 Å². The van der Waals surface area contributed by atoms with Gasteiger partial charge in [0, 0.05) is 6.04 Å². The molecule has 0 heterocycles. The van der Waals surface area contributed by atoms with Crippen molar-refractivity contribution in [1.82, 2.24) is 5.32 Å². The highest BCUT2D eigenvalue weighted by molar-refractivity contribution is 4.70. The molecule has 0 saturated heterocycles. The predicted molar refractivity (Wildman–Crippen MR) is 65.0 cm³/mol. The van der Waals surface area contributed by atoms with Gasteiger partial charge < -0.3 is 10.4 Å². The van der Waals surface area contributed by atoms with Gasteiger partial charge in [-0.15, -0.1) is 0 Å². The summed E-state index contributed by atoms with van der Waals surface area (Å²) in [7, 11) is 0. The molecule has 1 fully saturated rings. The molecule has 0 spiro atoms. The second-order valence-corrected chi connectivity index (χ2v) is 4.85. The van der Waals surface area contributed by atoms with Crippen LogP contribution in [0.1, 0.15) is 64.7 Å². The Kier molecular flexibility index (Phi) is 7.03. The van der Waals surface area contributed by atoms with Gasteiger partial charge in [-0.25, -0.2) is 0 Å². The van der Waals surface area contributed by atoms with Gasteiger partial charge in [0.05, 0.1) is 6.10 Å². The molecule has 0 radical (unpaired) electrons.